The number of likely N-dealkylation sites (tertiary alicyclic amines) is 1. The fourth-order valence-electron chi connectivity index (χ4n) is 5.71. The van der Waals surface area contributed by atoms with Crippen molar-refractivity contribution < 1.29 is 14.4 Å². The number of carbonyl (C=O) groups is 3. The summed E-state index contributed by atoms with van der Waals surface area (Å²) in [5.41, 5.74) is 2.92. The number of ketones is 1. The number of thiophene rings is 1. The van der Waals surface area contributed by atoms with Crippen LogP contribution < -0.4 is 0 Å². The lowest BCUT2D eigenvalue weighted by atomic mass is 9.84. The molecule has 6 rings (SSSR count). The minimum absolute atomic E-state index is 0.0955. The molecule has 0 aliphatic carbocycles. The number of rotatable bonds is 4. The standard InChI is InChI=1S/C27H22N2O3S/c1-16(17-8-3-2-4-9-17)29-26(31)21-22(27(29)32)24(25(30)20-12-7-15-33-20)28-14-13-18-10-5-6-11-19(18)23(21)28/h2-16,21-24H,1H3/t16-,21+,22-,23-,24-/m1/s1. The van der Waals surface area contributed by atoms with Crippen LogP contribution in [-0.2, 0) is 9.59 Å². The largest absolute Gasteiger partial charge is 0.358 e. The predicted molar refractivity (Wildman–Crippen MR) is 126 cm³/mol. The Morgan fingerprint density at radius 2 is 1.64 bits per heavy atom. The number of imide groups is 1. The summed E-state index contributed by atoms with van der Waals surface area (Å²) in [7, 11) is 0. The molecule has 0 unspecified atom stereocenters. The molecule has 4 heterocycles. The Balaban J connectivity index is 1.48. The third-order valence-corrected chi connectivity index (χ3v) is 8.08. The maximum atomic E-state index is 13.9. The van der Waals surface area contributed by atoms with Gasteiger partial charge in [-0.15, -0.1) is 11.3 Å². The van der Waals surface area contributed by atoms with E-state index in [1.165, 1.54) is 16.2 Å². The Kier molecular flexibility index (Phi) is 4.59. The Morgan fingerprint density at radius 1 is 0.909 bits per heavy atom. The molecule has 2 fully saturated rings. The Morgan fingerprint density at radius 3 is 2.39 bits per heavy atom. The summed E-state index contributed by atoms with van der Waals surface area (Å²) in [6.45, 7) is 1.88. The highest BCUT2D eigenvalue weighted by atomic mass is 32.1. The summed E-state index contributed by atoms with van der Waals surface area (Å²) in [5, 5.41) is 1.86. The van der Waals surface area contributed by atoms with Gasteiger partial charge in [0.1, 0.15) is 6.04 Å². The van der Waals surface area contributed by atoms with Crippen LogP contribution in [0.4, 0.5) is 0 Å². The molecule has 0 saturated carbocycles. The van der Waals surface area contributed by atoms with Crippen LogP contribution >= 0.6 is 11.3 Å². The van der Waals surface area contributed by atoms with Gasteiger partial charge in [0.2, 0.25) is 11.8 Å². The van der Waals surface area contributed by atoms with Crippen molar-refractivity contribution >= 4 is 35.0 Å². The average molecular weight is 455 g/mol. The maximum absolute atomic E-state index is 13.9. The number of carbonyl (C=O) groups excluding carboxylic acids is 3. The highest BCUT2D eigenvalue weighted by Gasteiger charge is 2.64. The van der Waals surface area contributed by atoms with E-state index in [2.05, 4.69) is 0 Å². The van der Waals surface area contributed by atoms with Gasteiger partial charge in [-0.05, 0) is 41.1 Å². The minimum atomic E-state index is -0.709. The SMILES string of the molecule is C[C@H](c1ccccc1)N1C(=O)[C@@H]2[C@H](C1=O)[C@H]1c3ccccc3C=CN1[C@H]2C(=O)c1cccs1. The molecule has 5 atom stereocenters. The van der Waals surface area contributed by atoms with Gasteiger partial charge in [-0.3, -0.25) is 19.3 Å². The molecule has 5 nitrogen and oxygen atoms in total. The number of hydrogen-bond donors (Lipinski definition) is 0. The van der Waals surface area contributed by atoms with Gasteiger partial charge in [0, 0.05) is 6.20 Å². The van der Waals surface area contributed by atoms with Crippen LogP contribution in [0, 0.1) is 11.8 Å². The van der Waals surface area contributed by atoms with Crippen LogP contribution in [0.2, 0.25) is 0 Å². The second kappa shape index (κ2) is 7.52. The minimum Gasteiger partial charge on any atom is -0.358 e. The van der Waals surface area contributed by atoms with Crippen molar-refractivity contribution in [3.05, 3.63) is 99.9 Å². The molecule has 3 aromatic rings. The summed E-state index contributed by atoms with van der Waals surface area (Å²) in [6.07, 6.45) is 3.87. The topological polar surface area (TPSA) is 57.7 Å². The molecule has 3 aliphatic rings. The van der Waals surface area contributed by atoms with Crippen LogP contribution in [-0.4, -0.2) is 33.4 Å². The maximum Gasteiger partial charge on any atom is 0.236 e. The Bertz CT molecular complexity index is 1280. The third kappa shape index (κ3) is 2.87. The van der Waals surface area contributed by atoms with Gasteiger partial charge in [-0.2, -0.15) is 0 Å². The molecular weight excluding hydrogens is 432 g/mol. The van der Waals surface area contributed by atoms with Crippen molar-refractivity contribution in [1.29, 1.82) is 0 Å². The van der Waals surface area contributed by atoms with Gasteiger partial charge >= 0.3 is 0 Å². The number of fused-ring (bicyclic) bond motifs is 5. The van der Waals surface area contributed by atoms with Crippen LogP contribution in [0.15, 0.2) is 78.3 Å². The second-order valence-electron chi connectivity index (χ2n) is 8.81. The summed E-state index contributed by atoms with van der Waals surface area (Å²) in [6, 6.07) is 19.7. The summed E-state index contributed by atoms with van der Waals surface area (Å²) in [5.74, 6) is -1.84. The van der Waals surface area contributed by atoms with Crippen molar-refractivity contribution in [3.63, 3.8) is 0 Å². The summed E-state index contributed by atoms with van der Waals surface area (Å²) >= 11 is 1.37. The van der Waals surface area contributed by atoms with Crippen LogP contribution in [0.5, 0.6) is 0 Å². The first-order valence-corrected chi connectivity index (χ1v) is 12.0. The molecule has 2 saturated heterocycles. The predicted octanol–water partition coefficient (Wildman–Crippen LogP) is 4.70. The van der Waals surface area contributed by atoms with E-state index in [1.54, 1.807) is 6.07 Å². The van der Waals surface area contributed by atoms with Gasteiger partial charge in [0.25, 0.3) is 0 Å². The molecule has 0 N–H and O–H groups in total. The van der Waals surface area contributed by atoms with Crippen LogP contribution in [0.25, 0.3) is 6.08 Å². The number of hydrogen-bond acceptors (Lipinski definition) is 5. The fourth-order valence-corrected chi connectivity index (χ4v) is 6.40. The van der Waals surface area contributed by atoms with Crippen molar-refractivity contribution in [2.75, 3.05) is 0 Å². The number of amides is 2. The molecule has 0 radical (unpaired) electrons. The van der Waals surface area contributed by atoms with Gasteiger partial charge < -0.3 is 4.90 Å². The number of nitrogens with zero attached hydrogens (tertiary/aromatic N) is 2. The number of benzene rings is 2. The molecule has 0 bridgehead atoms. The molecule has 164 valence electrons. The van der Waals surface area contributed by atoms with Crippen molar-refractivity contribution in [2.24, 2.45) is 11.8 Å². The monoisotopic (exact) mass is 454 g/mol. The molecular formula is C27H22N2O3S. The first-order valence-electron chi connectivity index (χ1n) is 11.1. The quantitative estimate of drug-likeness (QED) is 0.423. The third-order valence-electron chi connectivity index (χ3n) is 7.20. The molecule has 6 heteroatoms. The first-order chi connectivity index (χ1) is 16.1. The molecule has 0 spiro atoms. The van der Waals surface area contributed by atoms with Gasteiger partial charge in [0.05, 0.1) is 28.8 Å². The zero-order valence-corrected chi connectivity index (χ0v) is 18.8. The van der Waals surface area contributed by atoms with Gasteiger partial charge in [0.15, 0.2) is 5.78 Å². The van der Waals surface area contributed by atoms with E-state index in [9.17, 15) is 14.4 Å². The molecule has 33 heavy (non-hydrogen) atoms. The van der Waals surface area contributed by atoms with Crippen molar-refractivity contribution in [3.8, 4) is 0 Å². The highest BCUT2D eigenvalue weighted by molar-refractivity contribution is 7.12. The van der Waals surface area contributed by atoms with Crippen LogP contribution in [0.3, 0.4) is 0 Å². The van der Waals surface area contributed by atoms with E-state index in [-0.39, 0.29) is 23.6 Å². The van der Waals surface area contributed by atoms with Gasteiger partial charge in [-0.1, -0.05) is 60.7 Å². The number of Topliss-reactive ketones (excluding diaryl/α,β-unsaturated/α-hetero) is 1. The van der Waals surface area contributed by atoms with Gasteiger partial charge in [-0.25, -0.2) is 0 Å². The van der Waals surface area contributed by atoms with Crippen LogP contribution in [0.1, 0.15) is 45.4 Å². The summed E-state index contributed by atoms with van der Waals surface area (Å²) < 4.78 is 0. The lowest BCUT2D eigenvalue weighted by molar-refractivity contribution is -0.143. The molecule has 3 aliphatic heterocycles. The fraction of sp³-hybridized carbons (Fsp3) is 0.222. The lowest BCUT2D eigenvalue weighted by Gasteiger charge is -2.36. The van der Waals surface area contributed by atoms with E-state index >= 15 is 0 Å². The highest BCUT2D eigenvalue weighted by Crippen LogP contribution is 2.54. The molecule has 2 aromatic carbocycles. The Hall–Kier alpha value is -3.51. The van der Waals surface area contributed by atoms with E-state index in [0.29, 0.717) is 4.88 Å². The second-order valence-corrected chi connectivity index (χ2v) is 9.76. The molecule has 2 amide bonds. The van der Waals surface area contributed by atoms with E-state index < -0.39 is 23.9 Å². The van der Waals surface area contributed by atoms with E-state index in [1.807, 2.05) is 90.1 Å². The lowest BCUT2D eigenvalue weighted by Crippen LogP contribution is -2.44. The van der Waals surface area contributed by atoms with E-state index in [0.717, 1.165) is 16.7 Å². The zero-order valence-electron chi connectivity index (χ0n) is 18.0. The zero-order chi connectivity index (χ0) is 22.7. The van der Waals surface area contributed by atoms with Crippen molar-refractivity contribution in [2.45, 2.75) is 25.0 Å². The molecule has 1 aromatic heterocycles. The van der Waals surface area contributed by atoms with Crippen molar-refractivity contribution in [1.82, 2.24) is 9.80 Å². The Labute approximate surface area is 195 Å². The average Bonchev–Trinajstić information content (AvgIpc) is 3.55. The summed E-state index contributed by atoms with van der Waals surface area (Å²) in [4.78, 5) is 45.4. The normalized spacial score (nSPS) is 26.2. The first kappa shape index (κ1) is 20.1. The smallest absolute Gasteiger partial charge is 0.236 e. The van der Waals surface area contributed by atoms with E-state index in [4.69, 9.17) is 0 Å².